The third-order valence-corrected chi connectivity index (χ3v) is 3.24. The van der Waals surface area contributed by atoms with Gasteiger partial charge in [-0.2, -0.15) is 5.10 Å². The van der Waals surface area contributed by atoms with Gasteiger partial charge in [-0.3, -0.25) is 4.68 Å². The Kier molecular flexibility index (Phi) is 5.44. The van der Waals surface area contributed by atoms with Gasteiger partial charge in [-0.25, -0.2) is 4.39 Å². The van der Waals surface area contributed by atoms with Crippen molar-refractivity contribution in [3.05, 3.63) is 41.8 Å². The van der Waals surface area contributed by atoms with E-state index in [4.69, 9.17) is 15.2 Å². The topological polar surface area (TPSA) is 62.3 Å². The van der Waals surface area contributed by atoms with Gasteiger partial charge in [0.2, 0.25) is 0 Å². The van der Waals surface area contributed by atoms with E-state index in [0.717, 1.165) is 11.1 Å². The first-order valence-electron chi connectivity index (χ1n) is 6.73. The molecule has 5 nitrogen and oxygen atoms in total. The van der Waals surface area contributed by atoms with E-state index in [1.807, 2.05) is 24.3 Å². The van der Waals surface area contributed by atoms with Crippen LogP contribution in [0.5, 0.6) is 0 Å². The number of aryl methyl sites for hydroxylation is 1. The summed E-state index contributed by atoms with van der Waals surface area (Å²) in [6, 6.07) is 7.22. The second-order valence-electron chi connectivity index (χ2n) is 4.76. The lowest BCUT2D eigenvalue weighted by Crippen LogP contribution is -2.18. The van der Waals surface area contributed by atoms with Gasteiger partial charge in [-0.05, 0) is 5.56 Å². The van der Waals surface area contributed by atoms with E-state index in [2.05, 4.69) is 5.10 Å². The average molecular weight is 293 g/mol. The molecule has 0 unspecified atom stereocenters. The summed E-state index contributed by atoms with van der Waals surface area (Å²) in [6.07, 6.45) is 1.21. The number of nitrogens with zero attached hydrogens (tertiary/aromatic N) is 2. The maximum absolute atomic E-state index is 13.7. The number of halogens is 1. The van der Waals surface area contributed by atoms with Crippen LogP contribution in [-0.2, 0) is 16.5 Å². The second kappa shape index (κ2) is 7.31. The summed E-state index contributed by atoms with van der Waals surface area (Å²) in [5.74, 6) is -0.336. The third-order valence-electron chi connectivity index (χ3n) is 3.24. The molecule has 0 aliphatic rings. The van der Waals surface area contributed by atoms with Crippen molar-refractivity contribution in [3.8, 4) is 11.3 Å². The molecule has 0 fully saturated rings. The van der Waals surface area contributed by atoms with Crippen molar-refractivity contribution in [3.63, 3.8) is 0 Å². The lowest BCUT2D eigenvalue weighted by atomic mass is 10.0. The zero-order chi connectivity index (χ0) is 15.2. The van der Waals surface area contributed by atoms with Crippen LogP contribution >= 0.6 is 0 Å². The molecule has 1 atom stereocenters. The van der Waals surface area contributed by atoms with Crippen molar-refractivity contribution < 1.29 is 13.9 Å². The largest absolute Gasteiger partial charge is 0.382 e. The molecule has 0 spiro atoms. The van der Waals surface area contributed by atoms with Gasteiger partial charge in [0.15, 0.2) is 5.82 Å². The van der Waals surface area contributed by atoms with Gasteiger partial charge in [0.25, 0.3) is 0 Å². The molecule has 1 aromatic heterocycles. The summed E-state index contributed by atoms with van der Waals surface area (Å²) in [7, 11) is 3.33. The predicted molar refractivity (Wildman–Crippen MR) is 78.2 cm³/mol. The van der Waals surface area contributed by atoms with Crippen LogP contribution < -0.4 is 5.73 Å². The van der Waals surface area contributed by atoms with Crippen LogP contribution in [0, 0.1) is 5.82 Å². The van der Waals surface area contributed by atoms with Crippen LogP contribution in [0.2, 0.25) is 0 Å². The zero-order valence-corrected chi connectivity index (χ0v) is 12.3. The van der Waals surface area contributed by atoms with E-state index in [1.54, 1.807) is 14.2 Å². The van der Waals surface area contributed by atoms with Crippen molar-refractivity contribution in [2.45, 2.75) is 6.04 Å². The monoisotopic (exact) mass is 293 g/mol. The molecule has 0 bridgehead atoms. The highest BCUT2D eigenvalue weighted by molar-refractivity contribution is 5.60. The smallest absolute Gasteiger partial charge is 0.169 e. The number of benzene rings is 1. The summed E-state index contributed by atoms with van der Waals surface area (Å²) >= 11 is 0. The van der Waals surface area contributed by atoms with Gasteiger partial charge < -0.3 is 15.2 Å². The quantitative estimate of drug-likeness (QED) is 0.792. The Morgan fingerprint density at radius 3 is 2.57 bits per heavy atom. The fourth-order valence-electron chi connectivity index (χ4n) is 2.07. The molecule has 1 aromatic carbocycles. The number of nitrogens with two attached hydrogens (primary N) is 1. The zero-order valence-electron chi connectivity index (χ0n) is 12.3. The molecule has 2 rings (SSSR count). The highest BCUT2D eigenvalue weighted by Crippen LogP contribution is 2.23. The molecule has 0 amide bonds. The maximum atomic E-state index is 13.7. The van der Waals surface area contributed by atoms with Crippen LogP contribution in [-0.4, -0.2) is 36.7 Å². The number of methoxy groups -OCH3 is 1. The Hall–Kier alpha value is -1.76. The standard InChI is InChI=1S/C15H20FN3O2/c1-19-15(13(16)9-18-19)12-5-3-11(4-6-12)14(17)10-21-8-7-20-2/h3-6,9,14H,7-8,10,17H2,1-2H3/t14-/m0/s1. The van der Waals surface area contributed by atoms with E-state index < -0.39 is 0 Å². The normalized spacial score (nSPS) is 12.6. The molecule has 2 N–H and O–H groups in total. The molecule has 0 saturated carbocycles. The summed E-state index contributed by atoms with van der Waals surface area (Å²) in [6.45, 7) is 1.48. The number of hydrogen-bond acceptors (Lipinski definition) is 4. The number of aromatic nitrogens is 2. The second-order valence-corrected chi connectivity index (χ2v) is 4.76. The van der Waals surface area contributed by atoms with Crippen molar-refractivity contribution in [2.75, 3.05) is 26.9 Å². The van der Waals surface area contributed by atoms with Gasteiger partial charge in [0.1, 0.15) is 5.69 Å². The van der Waals surface area contributed by atoms with Crippen molar-refractivity contribution in [2.24, 2.45) is 12.8 Å². The van der Waals surface area contributed by atoms with Crippen LogP contribution in [0.1, 0.15) is 11.6 Å². The Morgan fingerprint density at radius 1 is 1.29 bits per heavy atom. The highest BCUT2D eigenvalue weighted by atomic mass is 19.1. The summed E-state index contributed by atoms with van der Waals surface area (Å²) < 4.78 is 25.5. The molecule has 0 aliphatic carbocycles. The summed E-state index contributed by atoms with van der Waals surface area (Å²) in [4.78, 5) is 0. The van der Waals surface area contributed by atoms with Gasteiger partial charge in [-0.15, -0.1) is 0 Å². The Labute approximate surface area is 123 Å². The van der Waals surface area contributed by atoms with Crippen LogP contribution in [0.25, 0.3) is 11.3 Å². The molecule has 0 radical (unpaired) electrons. The molecule has 0 saturated heterocycles. The number of rotatable bonds is 7. The van der Waals surface area contributed by atoms with Crippen LogP contribution in [0.4, 0.5) is 4.39 Å². The predicted octanol–water partition coefficient (Wildman–Crippen LogP) is 1.89. The first-order valence-corrected chi connectivity index (χ1v) is 6.73. The van der Waals surface area contributed by atoms with Gasteiger partial charge in [0.05, 0.1) is 32.1 Å². The highest BCUT2D eigenvalue weighted by Gasteiger charge is 2.12. The van der Waals surface area contributed by atoms with E-state index >= 15 is 0 Å². The first kappa shape index (κ1) is 15.6. The first-order chi connectivity index (χ1) is 10.1. The fourth-order valence-corrected chi connectivity index (χ4v) is 2.07. The van der Waals surface area contributed by atoms with E-state index in [-0.39, 0.29) is 11.9 Å². The lowest BCUT2D eigenvalue weighted by molar-refractivity contribution is 0.0636. The minimum atomic E-state index is -0.336. The lowest BCUT2D eigenvalue weighted by Gasteiger charge is -2.13. The van der Waals surface area contributed by atoms with Crippen molar-refractivity contribution in [1.29, 1.82) is 0 Å². The summed E-state index contributed by atoms with van der Waals surface area (Å²) in [5.41, 5.74) is 8.22. The molecule has 6 heteroatoms. The van der Waals surface area contributed by atoms with Crippen molar-refractivity contribution in [1.82, 2.24) is 9.78 Å². The number of hydrogen-bond donors (Lipinski definition) is 1. The Morgan fingerprint density at radius 2 is 2.00 bits per heavy atom. The molecule has 21 heavy (non-hydrogen) atoms. The van der Waals surface area contributed by atoms with Gasteiger partial charge in [0, 0.05) is 19.7 Å². The van der Waals surface area contributed by atoms with Crippen LogP contribution in [0.15, 0.2) is 30.5 Å². The minimum absolute atomic E-state index is 0.215. The maximum Gasteiger partial charge on any atom is 0.169 e. The fraction of sp³-hybridized carbons (Fsp3) is 0.400. The van der Waals surface area contributed by atoms with E-state index in [9.17, 15) is 4.39 Å². The Bertz CT molecular complexity index is 549. The summed E-state index contributed by atoms with van der Waals surface area (Å²) in [5, 5.41) is 3.89. The average Bonchev–Trinajstić information content (AvgIpc) is 2.83. The van der Waals surface area contributed by atoms with Gasteiger partial charge in [-0.1, -0.05) is 24.3 Å². The molecule has 114 valence electrons. The minimum Gasteiger partial charge on any atom is -0.382 e. The molecule has 2 aromatic rings. The molecule has 0 aliphatic heterocycles. The van der Waals surface area contributed by atoms with Gasteiger partial charge >= 0.3 is 0 Å². The van der Waals surface area contributed by atoms with Crippen LogP contribution in [0.3, 0.4) is 0 Å². The number of ether oxygens (including phenoxy) is 2. The van der Waals surface area contributed by atoms with Crippen molar-refractivity contribution >= 4 is 0 Å². The molecular weight excluding hydrogens is 273 g/mol. The van der Waals surface area contributed by atoms with E-state index in [1.165, 1.54) is 10.9 Å². The SMILES string of the molecule is COCCOC[C@H](N)c1ccc(-c2c(F)cnn2C)cc1. The molecule has 1 heterocycles. The third kappa shape index (κ3) is 3.87. The van der Waals surface area contributed by atoms with E-state index in [0.29, 0.717) is 25.5 Å². The Balaban J connectivity index is 2.02. The molecular formula is C15H20FN3O2.